The number of aromatic nitrogens is 1. The quantitative estimate of drug-likeness (QED) is 0.830. The van der Waals surface area contributed by atoms with E-state index in [0.29, 0.717) is 11.5 Å². The predicted molar refractivity (Wildman–Crippen MR) is 94.8 cm³/mol. The van der Waals surface area contributed by atoms with Crippen LogP contribution in [-0.2, 0) is 19.4 Å². The van der Waals surface area contributed by atoms with Gasteiger partial charge in [0.25, 0.3) is 0 Å². The van der Waals surface area contributed by atoms with E-state index in [4.69, 9.17) is 18.6 Å². The van der Waals surface area contributed by atoms with Crippen LogP contribution in [0.2, 0.25) is 0 Å². The van der Waals surface area contributed by atoms with Gasteiger partial charge in [0.05, 0.1) is 33.6 Å². The Hall–Kier alpha value is -2.21. The van der Waals surface area contributed by atoms with Gasteiger partial charge in [0.1, 0.15) is 5.76 Å². The van der Waals surface area contributed by atoms with Crippen molar-refractivity contribution < 1.29 is 18.6 Å². The molecule has 0 aliphatic carbocycles. The lowest BCUT2D eigenvalue weighted by Crippen LogP contribution is -2.26. The molecule has 2 aromatic rings. The Balaban J connectivity index is 1.83. The fourth-order valence-corrected chi connectivity index (χ4v) is 3.38. The largest absolute Gasteiger partial charge is 0.493 e. The van der Waals surface area contributed by atoms with Gasteiger partial charge in [-0.2, -0.15) is 0 Å². The molecule has 6 nitrogen and oxygen atoms in total. The van der Waals surface area contributed by atoms with Crippen LogP contribution in [0.5, 0.6) is 17.2 Å². The van der Waals surface area contributed by atoms with Crippen LogP contribution in [0.1, 0.15) is 28.5 Å². The number of hydrogen-bond donors (Lipinski definition) is 0. The van der Waals surface area contributed by atoms with Crippen molar-refractivity contribution in [2.75, 3.05) is 34.4 Å². The molecule has 0 spiro atoms. The van der Waals surface area contributed by atoms with Gasteiger partial charge in [0, 0.05) is 18.7 Å². The first-order valence-electron chi connectivity index (χ1n) is 8.53. The number of hydrogen-bond acceptors (Lipinski definition) is 6. The smallest absolute Gasteiger partial charge is 0.208 e. The Bertz CT molecular complexity index is 735. The van der Waals surface area contributed by atoms with Crippen molar-refractivity contribution >= 4 is 0 Å². The molecule has 2 heterocycles. The number of aryl methyl sites for hydroxylation is 2. The highest BCUT2D eigenvalue weighted by Crippen LogP contribution is 2.43. The minimum Gasteiger partial charge on any atom is -0.493 e. The Morgan fingerprint density at radius 1 is 1.04 bits per heavy atom. The topological polar surface area (TPSA) is 57.0 Å². The zero-order chi connectivity index (χ0) is 18.0. The number of rotatable bonds is 5. The van der Waals surface area contributed by atoms with E-state index in [1.54, 1.807) is 21.3 Å². The van der Waals surface area contributed by atoms with Crippen LogP contribution in [0.3, 0.4) is 0 Å². The average molecular weight is 346 g/mol. The number of oxazole rings is 1. The van der Waals surface area contributed by atoms with Crippen LogP contribution >= 0.6 is 0 Å². The molecule has 0 N–H and O–H groups in total. The van der Waals surface area contributed by atoms with Gasteiger partial charge in [-0.3, -0.25) is 4.90 Å². The first-order valence-corrected chi connectivity index (χ1v) is 8.53. The third kappa shape index (κ3) is 3.44. The van der Waals surface area contributed by atoms with Gasteiger partial charge in [0.15, 0.2) is 11.5 Å². The van der Waals surface area contributed by atoms with E-state index >= 15 is 0 Å². The second-order valence-electron chi connectivity index (χ2n) is 6.31. The van der Waals surface area contributed by atoms with Crippen molar-refractivity contribution in [3.63, 3.8) is 0 Å². The second kappa shape index (κ2) is 7.35. The van der Waals surface area contributed by atoms with Gasteiger partial charge in [-0.05, 0) is 38.3 Å². The second-order valence-corrected chi connectivity index (χ2v) is 6.31. The molecule has 0 fully saturated rings. The molecule has 0 saturated heterocycles. The molecule has 1 aliphatic rings. The molecule has 0 bridgehead atoms. The van der Waals surface area contributed by atoms with Crippen LogP contribution in [0.4, 0.5) is 0 Å². The summed E-state index contributed by atoms with van der Waals surface area (Å²) in [6, 6.07) is 2.07. The van der Waals surface area contributed by atoms with E-state index in [-0.39, 0.29) is 0 Å². The highest BCUT2D eigenvalue weighted by molar-refractivity contribution is 5.59. The molecule has 0 radical (unpaired) electrons. The molecule has 3 rings (SSSR count). The van der Waals surface area contributed by atoms with Gasteiger partial charge < -0.3 is 18.6 Å². The summed E-state index contributed by atoms with van der Waals surface area (Å²) in [5.74, 6) is 3.83. The van der Waals surface area contributed by atoms with Gasteiger partial charge in [0.2, 0.25) is 11.6 Å². The maximum absolute atomic E-state index is 5.74. The normalized spacial score (nSPS) is 14.8. The number of ether oxygens (including phenoxy) is 3. The summed E-state index contributed by atoms with van der Waals surface area (Å²) in [6.45, 7) is 6.50. The van der Waals surface area contributed by atoms with Crippen molar-refractivity contribution in [1.29, 1.82) is 0 Å². The summed E-state index contributed by atoms with van der Waals surface area (Å²) >= 11 is 0. The van der Waals surface area contributed by atoms with E-state index in [1.165, 1.54) is 11.1 Å². The highest BCUT2D eigenvalue weighted by atomic mass is 16.5. The molecule has 6 heteroatoms. The van der Waals surface area contributed by atoms with E-state index in [9.17, 15) is 0 Å². The molecule has 1 aromatic heterocycles. The first-order chi connectivity index (χ1) is 12.1. The monoisotopic (exact) mass is 346 g/mol. The Kier molecular flexibility index (Phi) is 5.18. The van der Waals surface area contributed by atoms with Crippen LogP contribution in [0.15, 0.2) is 10.5 Å². The lowest BCUT2D eigenvalue weighted by molar-refractivity contribution is 0.247. The molecular formula is C19H26N2O4. The number of fused-ring (bicyclic) bond motifs is 1. The summed E-state index contributed by atoms with van der Waals surface area (Å²) in [7, 11) is 4.97. The fraction of sp³-hybridized carbons (Fsp3) is 0.526. The van der Waals surface area contributed by atoms with Gasteiger partial charge >= 0.3 is 0 Å². The van der Waals surface area contributed by atoms with Crippen LogP contribution in [0, 0.1) is 13.8 Å². The van der Waals surface area contributed by atoms with Gasteiger partial charge in [-0.25, -0.2) is 4.98 Å². The van der Waals surface area contributed by atoms with Crippen LogP contribution in [0.25, 0.3) is 0 Å². The molecule has 1 aliphatic heterocycles. The number of nitrogens with zero attached hydrogens (tertiary/aromatic N) is 2. The summed E-state index contributed by atoms with van der Waals surface area (Å²) in [5, 5.41) is 0. The Morgan fingerprint density at radius 3 is 2.36 bits per heavy atom. The van der Waals surface area contributed by atoms with Crippen molar-refractivity contribution in [3.05, 3.63) is 34.5 Å². The minimum absolute atomic E-state index is 0.663. The summed E-state index contributed by atoms with van der Waals surface area (Å²) < 4.78 is 22.4. The zero-order valence-electron chi connectivity index (χ0n) is 15.6. The van der Waals surface area contributed by atoms with Gasteiger partial charge in [-0.1, -0.05) is 0 Å². The third-order valence-corrected chi connectivity index (χ3v) is 4.83. The highest BCUT2D eigenvalue weighted by Gasteiger charge is 2.24. The molecule has 0 saturated carbocycles. The van der Waals surface area contributed by atoms with Crippen molar-refractivity contribution in [2.24, 2.45) is 0 Å². The predicted octanol–water partition coefficient (Wildman–Crippen LogP) is 2.92. The van der Waals surface area contributed by atoms with E-state index in [0.717, 1.165) is 55.6 Å². The molecule has 0 atom stereocenters. The summed E-state index contributed by atoms with van der Waals surface area (Å²) in [6.07, 6.45) is 1.81. The molecule has 0 unspecified atom stereocenters. The maximum atomic E-state index is 5.74. The molecule has 0 amide bonds. The lowest BCUT2D eigenvalue weighted by Gasteiger charge is -2.18. The molecule has 136 valence electrons. The number of benzene rings is 1. The summed E-state index contributed by atoms with van der Waals surface area (Å²) in [4.78, 5) is 6.86. The maximum Gasteiger partial charge on any atom is 0.208 e. The molecule has 25 heavy (non-hydrogen) atoms. The Morgan fingerprint density at radius 2 is 1.76 bits per heavy atom. The van der Waals surface area contributed by atoms with Crippen molar-refractivity contribution in [2.45, 2.75) is 33.2 Å². The SMILES string of the molecule is COc1cc2c(c(OC)c1OC)CCN(Cc1nc(C)c(C)o1)CC2. The zero-order valence-corrected chi connectivity index (χ0v) is 15.6. The van der Waals surface area contributed by atoms with Crippen LogP contribution < -0.4 is 14.2 Å². The number of methoxy groups -OCH3 is 3. The van der Waals surface area contributed by atoms with Crippen molar-refractivity contribution in [1.82, 2.24) is 9.88 Å². The van der Waals surface area contributed by atoms with Gasteiger partial charge in [-0.15, -0.1) is 0 Å². The van der Waals surface area contributed by atoms with E-state index in [2.05, 4.69) is 16.0 Å². The van der Waals surface area contributed by atoms with E-state index < -0.39 is 0 Å². The Labute approximate surface area is 148 Å². The fourth-order valence-electron chi connectivity index (χ4n) is 3.38. The standard InChI is InChI=1S/C19H26N2O4/c1-12-13(2)25-17(20-12)11-21-8-6-14-10-16(22-3)19(24-5)18(23-4)15(14)7-9-21/h10H,6-9,11H2,1-5H3. The van der Waals surface area contributed by atoms with Crippen molar-refractivity contribution in [3.8, 4) is 17.2 Å². The average Bonchev–Trinajstić information content (AvgIpc) is 2.81. The first kappa shape index (κ1) is 17.6. The van der Waals surface area contributed by atoms with Crippen LogP contribution in [-0.4, -0.2) is 44.3 Å². The van der Waals surface area contributed by atoms with E-state index in [1.807, 2.05) is 13.8 Å². The third-order valence-electron chi connectivity index (χ3n) is 4.83. The summed E-state index contributed by atoms with van der Waals surface area (Å²) in [5.41, 5.74) is 3.41. The minimum atomic E-state index is 0.663. The molecular weight excluding hydrogens is 320 g/mol. The lowest BCUT2D eigenvalue weighted by atomic mass is 10.0. The molecule has 1 aromatic carbocycles.